The second-order valence-electron chi connectivity index (χ2n) is 5.60. The summed E-state index contributed by atoms with van der Waals surface area (Å²) in [5, 5.41) is 3.46. The zero-order valence-electron chi connectivity index (χ0n) is 13.0. The fourth-order valence-corrected chi connectivity index (χ4v) is 5.43. The zero-order valence-corrected chi connectivity index (χ0v) is 14.6. The lowest BCUT2D eigenvalue weighted by molar-refractivity contribution is 0.411. The van der Waals surface area contributed by atoms with Crippen LogP contribution >= 0.6 is 11.3 Å². The van der Waals surface area contributed by atoms with Crippen LogP contribution in [0.3, 0.4) is 0 Å². The molecule has 1 aromatic heterocycles. The highest BCUT2D eigenvalue weighted by Gasteiger charge is 2.25. The van der Waals surface area contributed by atoms with Gasteiger partial charge in [0.2, 0.25) is 0 Å². The minimum atomic E-state index is -3.30. The van der Waals surface area contributed by atoms with Crippen LogP contribution < -0.4 is 5.32 Å². The largest absolute Gasteiger partial charge is 0.314 e. The standard InChI is InChI=1S/C15H26N2O2S2/c1-3-11-17(12-4-2)21(18,19)15-8-7-14(20-15)9-10-16-13-5-6-13/h7-8,13,16H,3-6,9-12H2,1-2H3. The van der Waals surface area contributed by atoms with E-state index in [-0.39, 0.29) is 0 Å². The molecule has 1 aliphatic carbocycles. The molecule has 2 rings (SSSR count). The number of thiophene rings is 1. The van der Waals surface area contributed by atoms with Crippen LogP contribution in [0.1, 0.15) is 44.4 Å². The molecule has 0 aromatic carbocycles. The fourth-order valence-electron chi connectivity index (χ4n) is 2.30. The Morgan fingerprint density at radius 1 is 1.24 bits per heavy atom. The summed E-state index contributed by atoms with van der Waals surface area (Å²) in [4.78, 5) is 1.15. The van der Waals surface area contributed by atoms with Crippen molar-refractivity contribution in [3.05, 3.63) is 17.0 Å². The fraction of sp³-hybridized carbons (Fsp3) is 0.733. The first-order valence-corrected chi connectivity index (χ1v) is 10.2. The number of hydrogen-bond donors (Lipinski definition) is 1. The summed E-state index contributed by atoms with van der Waals surface area (Å²) in [6, 6.07) is 4.44. The van der Waals surface area contributed by atoms with Gasteiger partial charge >= 0.3 is 0 Å². The van der Waals surface area contributed by atoms with Crippen LogP contribution in [-0.4, -0.2) is 38.4 Å². The van der Waals surface area contributed by atoms with Gasteiger partial charge in [-0.05, 0) is 44.2 Å². The van der Waals surface area contributed by atoms with Gasteiger partial charge in [0.1, 0.15) is 4.21 Å². The van der Waals surface area contributed by atoms with Crippen molar-refractivity contribution in [2.45, 2.75) is 56.2 Å². The molecule has 1 heterocycles. The average Bonchev–Trinajstić information content (AvgIpc) is 3.14. The number of sulfonamides is 1. The second-order valence-corrected chi connectivity index (χ2v) is 8.94. The second kappa shape index (κ2) is 7.72. The molecule has 6 heteroatoms. The van der Waals surface area contributed by atoms with Crippen molar-refractivity contribution in [3.63, 3.8) is 0 Å². The molecule has 21 heavy (non-hydrogen) atoms. The molecule has 0 atom stereocenters. The number of nitrogens with zero attached hydrogens (tertiary/aromatic N) is 1. The highest BCUT2D eigenvalue weighted by Crippen LogP contribution is 2.26. The van der Waals surface area contributed by atoms with Gasteiger partial charge in [0, 0.05) is 30.6 Å². The Hall–Kier alpha value is -0.430. The SMILES string of the molecule is CCCN(CCC)S(=O)(=O)c1ccc(CCNC2CC2)s1. The van der Waals surface area contributed by atoms with Crippen molar-refractivity contribution in [2.24, 2.45) is 0 Å². The zero-order chi connectivity index (χ0) is 15.3. The van der Waals surface area contributed by atoms with Crippen LogP contribution in [0.25, 0.3) is 0 Å². The smallest absolute Gasteiger partial charge is 0.252 e. The number of hydrogen-bond acceptors (Lipinski definition) is 4. The van der Waals surface area contributed by atoms with Crippen molar-refractivity contribution < 1.29 is 8.42 Å². The molecule has 0 unspecified atom stereocenters. The molecule has 4 nitrogen and oxygen atoms in total. The monoisotopic (exact) mass is 330 g/mol. The van der Waals surface area contributed by atoms with E-state index in [1.54, 1.807) is 10.4 Å². The van der Waals surface area contributed by atoms with Crippen molar-refractivity contribution in [1.82, 2.24) is 9.62 Å². The maximum atomic E-state index is 12.6. The van der Waals surface area contributed by atoms with Crippen molar-refractivity contribution >= 4 is 21.4 Å². The van der Waals surface area contributed by atoms with Gasteiger partial charge in [-0.15, -0.1) is 11.3 Å². The summed E-state index contributed by atoms with van der Waals surface area (Å²) in [6.07, 6.45) is 5.18. The van der Waals surface area contributed by atoms with E-state index >= 15 is 0 Å². The highest BCUT2D eigenvalue weighted by atomic mass is 32.2. The molecule has 0 amide bonds. The first kappa shape index (κ1) is 16.9. The van der Waals surface area contributed by atoms with Gasteiger partial charge in [-0.2, -0.15) is 4.31 Å². The lowest BCUT2D eigenvalue weighted by Crippen LogP contribution is -2.32. The summed E-state index contributed by atoms with van der Waals surface area (Å²) >= 11 is 1.42. The van der Waals surface area contributed by atoms with E-state index in [9.17, 15) is 8.42 Å². The first-order valence-electron chi connectivity index (χ1n) is 7.90. The van der Waals surface area contributed by atoms with Crippen LogP contribution in [0.4, 0.5) is 0 Å². The summed E-state index contributed by atoms with van der Waals surface area (Å²) in [7, 11) is -3.30. The maximum absolute atomic E-state index is 12.6. The third kappa shape index (κ3) is 4.77. The van der Waals surface area contributed by atoms with E-state index in [0.29, 0.717) is 23.3 Å². The minimum Gasteiger partial charge on any atom is -0.314 e. The predicted octanol–water partition coefficient (Wildman–Crippen LogP) is 2.85. The van der Waals surface area contributed by atoms with E-state index in [1.807, 2.05) is 19.9 Å². The van der Waals surface area contributed by atoms with E-state index in [1.165, 1.54) is 24.2 Å². The number of nitrogens with one attached hydrogen (secondary N) is 1. The van der Waals surface area contributed by atoms with Gasteiger partial charge in [-0.3, -0.25) is 0 Å². The van der Waals surface area contributed by atoms with Crippen molar-refractivity contribution in [1.29, 1.82) is 0 Å². The lowest BCUT2D eigenvalue weighted by Gasteiger charge is -2.19. The van der Waals surface area contributed by atoms with Crippen molar-refractivity contribution in [3.8, 4) is 0 Å². The van der Waals surface area contributed by atoms with E-state index in [2.05, 4.69) is 5.32 Å². The third-order valence-corrected chi connectivity index (χ3v) is 7.07. The predicted molar refractivity (Wildman–Crippen MR) is 88.4 cm³/mol. The van der Waals surface area contributed by atoms with Gasteiger partial charge in [-0.1, -0.05) is 13.8 Å². The van der Waals surface area contributed by atoms with Gasteiger partial charge in [0.15, 0.2) is 0 Å². The van der Waals surface area contributed by atoms with Crippen molar-refractivity contribution in [2.75, 3.05) is 19.6 Å². The average molecular weight is 331 g/mol. The number of rotatable bonds is 10. The van der Waals surface area contributed by atoms with Gasteiger partial charge in [0.25, 0.3) is 10.0 Å². The molecule has 1 N–H and O–H groups in total. The van der Waals surface area contributed by atoms with Crippen LogP contribution in [0.15, 0.2) is 16.3 Å². The van der Waals surface area contributed by atoms with E-state index in [0.717, 1.165) is 30.7 Å². The van der Waals surface area contributed by atoms with Gasteiger partial charge < -0.3 is 5.32 Å². The van der Waals surface area contributed by atoms with Crippen LogP contribution in [0.2, 0.25) is 0 Å². The Morgan fingerprint density at radius 3 is 2.48 bits per heavy atom. The molecule has 0 spiro atoms. The molecule has 1 aliphatic rings. The molecule has 0 aliphatic heterocycles. The summed E-state index contributed by atoms with van der Waals surface area (Å²) in [5.41, 5.74) is 0. The molecule has 0 radical (unpaired) electrons. The summed E-state index contributed by atoms with van der Waals surface area (Å²) in [5.74, 6) is 0. The Labute approximate surface area is 132 Å². The minimum absolute atomic E-state index is 0.492. The van der Waals surface area contributed by atoms with Gasteiger partial charge in [-0.25, -0.2) is 8.42 Å². The highest BCUT2D eigenvalue weighted by molar-refractivity contribution is 7.91. The Balaban J connectivity index is 1.99. The molecule has 1 aromatic rings. The molecule has 120 valence electrons. The van der Waals surface area contributed by atoms with Crippen LogP contribution in [-0.2, 0) is 16.4 Å². The summed E-state index contributed by atoms with van der Waals surface area (Å²) < 4.78 is 27.4. The van der Waals surface area contributed by atoms with Crippen LogP contribution in [0.5, 0.6) is 0 Å². The molecule has 0 saturated heterocycles. The lowest BCUT2D eigenvalue weighted by atomic mass is 10.3. The van der Waals surface area contributed by atoms with Crippen LogP contribution in [0, 0.1) is 0 Å². The Bertz CT molecular complexity index is 530. The van der Waals surface area contributed by atoms with Gasteiger partial charge in [0.05, 0.1) is 0 Å². The molecule has 1 saturated carbocycles. The Kier molecular flexibility index (Phi) is 6.22. The normalized spacial score (nSPS) is 15.8. The van der Waals surface area contributed by atoms with E-state index < -0.39 is 10.0 Å². The maximum Gasteiger partial charge on any atom is 0.252 e. The molecular weight excluding hydrogens is 304 g/mol. The first-order chi connectivity index (χ1) is 10.1. The Morgan fingerprint density at radius 2 is 1.90 bits per heavy atom. The third-order valence-electron chi connectivity index (χ3n) is 3.56. The topological polar surface area (TPSA) is 49.4 Å². The molecular formula is C15H26N2O2S2. The quantitative estimate of drug-likeness (QED) is 0.718. The summed E-state index contributed by atoms with van der Waals surface area (Å²) in [6.45, 7) is 6.18. The molecule has 0 bridgehead atoms. The molecule has 1 fully saturated rings. The van der Waals surface area contributed by atoms with E-state index in [4.69, 9.17) is 0 Å².